The largest absolute Gasteiger partial charge is 0.465 e. The highest BCUT2D eigenvalue weighted by molar-refractivity contribution is 5.86. The molecule has 1 amide bonds. The second-order valence-corrected chi connectivity index (χ2v) is 10.7. The molecule has 0 unspecified atom stereocenters. The van der Waals surface area contributed by atoms with E-state index in [2.05, 4.69) is 26.6 Å². The van der Waals surface area contributed by atoms with E-state index in [1.165, 1.54) is 6.92 Å². The molecule has 14 nitrogen and oxygen atoms in total. The van der Waals surface area contributed by atoms with Crippen LogP contribution in [-0.2, 0) is 42.9 Å². The maximum absolute atomic E-state index is 12.4. The van der Waals surface area contributed by atoms with E-state index >= 15 is 0 Å². The van der Waals surface area contributed by atoms with Crippen LogP contribution in [0.25, 0.3) is 0 Å². The third-order valence-corrected chi connectivity index (χ3v) is 6.60. The van der Waals surface area contributed by atoms with Crippen molar-refractivity contribution in [1.29, 1.82) is 0 Å². The topological polar surface area (TPSA) is 153 Å². The van der Waals surface area contributed by atoms with Gasteiger partial charge in [-0.15, -0.1) is 0 Å². The highest BCUT2D eigenvalue weighted by Crippen LogP contribution is 2.23. The van der Waals surface area contributed by atoms with Gasteiger partial charge < -0.3 is 43.7 Å². The number of hydrogen-bond donors (Lipinski definition) is 1. The Morgan fingerprint density at radius 2 is 1.05 bits per heavy atom. The second kappa shape index (κ2) is 16.3. The number of amides is 1. The predicted octanol–water partition coefficient (Wildman–Crippen LogP) is -0.435. The monoisotopic (exact) mass is 582 g/mol. The second-order valence-electron chi connectivity index (χ2n) is 10.7. The summed E-state index contributed by atoms with van der Waals surface area (Å²) >= 11 is 0. The lowest BCUT2D eigenvalue weighted by molar-refractivity contribution is -0.165. The molecule has 0 aromatic heterocycles. The molecule has 3 rings (SSSR count). The van der Waals surface area contributed by atoms with Crippen LogP contribution in [0.5, 0.6) is 0 Å². The van der Waals surface area contributed by atoms with E-state index < -0.39 is 35.4 Å². The van der Waals surface area contributed by atoms with Crippen molar-refractivity contribution in [2.24, 2.45) is 5.41 Å². The number of carbonyl (C=O) groups is 5. The molecule has 41 heavy (non-hydrogen) atoms. The SMILES string of the molecule is C=C(C)C(=O)OCCNC(=O)OCC(COC(=O)CCN1CC1)(COC(=O)CCN1CC1)COC(=O)CCN1CC1. The van der Waals surface area contributed by atoms with Crippen LogP contribution in [0.15, 0.2) is 12.2 Å². The van der Waals surface area contributed by atoms with Crippen LogP contribution < -0.4 is 5.32 Å². The van der Waals surface area contributed by atoms with Crippen LogP contribution in [-0.4, -0.2) is 143 Å². The predicted molar refractivity (Wildman–Crippen MR) is 144 cm³/mol. The van der Waals surface area contributed by atoms with Crippen molar-refractivity contribution in [1.82, 2.24) is 20.0 Å². The number of rotatable bonds is 21. The van der Waals surface area contributed by atoms with E-state index in [1.54, 1.807) is 0 Å². The van der Waals surface area contributed by atoms with Crippen molar-refractivity contribution in [3.63, 3.8) is 0 Å². The van der Waals surface area contributed by atoms with Gasteiger partial charge >= 0.3 is 30.0 Å². The third kappa shape index (κ3) is 14.3. The maximum Gasteiger partial charge on any atom is 0.407 e. The van der Waals surface area contributed by atoms with Crippen LogP contribution in [0.1, 0.15) is 26.2 Å². The summed E-state index contributed by atoms with van der Waals surface area (Å²) in [6.07, 6.45) is -0.322. The number of carbonyl (C=O) groups excluding carboxylic acids is 5. The molecular weight excluding hydrogens is 540 g/mol. The van der Waals surface area contributed by atoms with Gasteiger partial charge in [0.25, 0.3) is 0 Å². The maximum atomic E-state index is 12.4. The molecule has 0 spiro atoms. The van der Waals surface area contributed by atoms with Crippen molar-refractivity contribution in [2.75, 3.05) is 98.5 Å². The van der Waals surface area contributed by atoms with Gasteiger partial charge in [0.2, 0.25) is 0 Å². The summed E-state index contributed by atoms with van der Waals surface area (Å²) in [6, 6.07) is 0. The van der Waals surface area contributed by atoms with Crippen molar-refractivity contribution in [3.05, 3.63) is 12.2 Å². The molecule has 3 fully saturated rings. The molecule has 0 aliphatic carbocycles. The number of nitrogens with one attached hydrogen (secondary N) is 1. The van der Waals surface area contributed by atoms with Gasteiger partial charge in [-0.2, -0.15) is 0 Å². The summed E-state index contributed by atoms with van der Waals surface area (Å²) in [5, 5.41) is 2.46. The lowest BCUT2D eigenvalue weighted by atomic mass is 9.92. The van der Waals surface area contributed by atoms with Crippen LogP contribution in [0, 0.1) is 5.41 Å². The smallest absolute Gasteiger partial charge is 0.407 e. The Kier molecular flexibility index (Phi) is 12.8. The summed E-state index contributed by atoms with van der Waals surface area (Å²) in [4.78, 5) is 67.4. The number of ether oxygens (including phenoxy) is 5. The van der Waals surface area contributed by atoms with Gasteiger partial charge in [0.15, 0.2) is 0 Å². The molecule has 0 atom stereocenters. The highest BCUT2D eigenvalue weighted by Gasteiger charge is 2.38. The van der Waals surface area contributed by atoms with Crippen LogP contribution in [0.3, 0.4) is 0 Å². The minimum atomic E-state index is -1.33. The van der Waals surface area contributed by atoms with Crippen LogP contribution in [0.4, 0.5) is 4.79 Å². The first-order valence-corrected chi connectivity index (χ1v) is 14.0. The van der Waals surface area contributed by atoms with Crippen LogP contribution in [0.2, 0.25) is 0 Å². The van der Waals surface area contributed by atoms with Gasteiger partial charge in [0, 0.05) is 64.5 Å². The Morgan fingerprint density at radius 3 is 1.41 bits per heavy atom. The van der Waals surface area contributed by atoms with Crippen molar-refractivity contribution in [3.8, 4) is 0 Å². The normalized spacial score (nSPS) is 16.3. The number of hydrogen-bond acceptors (Lipinski definition) is 13. The molecule has 230 valence electrons. The zero-order valence-corrected chi connectivity index (χ0v) is 23.9. The van der Waals surface area contributed by atoms with E-state index in [-0.39, 0.29) is 64.4 Å². The minimum absolute atomic E-state index is 0.0205. The fourth-order valence-electron chi connectivity index (χ4n) is 3.49. The third-order valence-electron chi connectivity index (χ3n) is 6.60. The first-order chi connectivity index (χ1) is 19.6. The summed E-state index contributed by atoms with van der Waals surface area (Å²) in [5.41, 5.74) is -1.10. The molecule has 3 aliphatic heterocycles. The molecule has 0 aromatic carbocycles. The molecular formula is C27H42N4O10. The van der Waals surface area contributed by atoms with Gasteiger partial charge in [0.05, 0.1) is 25.8 Å². The minimum Gasteiger partial charge on any atom is -0.465 e. The standard InChI is InChI=1S/C27H42N4O10/c1-21(2)25(35)37-16-6-28-26(36)41-20-27(17-38-22(32)3-7-29-10-11-29,18-39-23(33)4-8-30-12-13-30)19-40-24(34)5-9-31-14-15-31/h1,3-20H2,2H3,(H,28,36). The Morgan fingerprint density at radius 1 is 0.659 bits per heavy atom. The summed E-state index contributed by atoms with van der Waals surface area (Å²) < 4.78 is 26.8. The molecule has 14 heteroatoms. The lowest BCUT2D eigenvalue weighted by Gasteiger charge is -2.31. The number of nitrogens with zero attached hydrogens (tertiary/aromatic N) is 3. The molecule has 0 saturated carbocycles. The van der Waals surface area contributed by atoms with Crippen LogP contribution >= 0.6 is 0 Å². The number of alkyl carbamates (subject to hydrolysis) is 1. The fraction of sp³-hybridized carbons (Fsp3) is 0.741. The Labute approximate surface area is 240 Å². The van der Waals surface area contributed by atoms with Crippen molar-refractivity contribution >= 4 is 30.0 Å². The Bertz CT molecular complexity index is 868. The Balaban J connectivity index is 1.58. The van der Waals surface area contributed by atoms with E-state index in [1.807, 2.05) is 0 Å². The molecule has 3 saturated heterocycles. The zero-order chi connectivity index (χ0) is 29.7. The Hall–Kier alpha value is -3.23. The average Bonchev–Trinajstić information content (AvgIpc) is 3.80. The molecule has 0 bridgehead atoms. The van der Waals surface area contributed by atoms with E-state index in [0.717, 1.165) is 39.3 Å². The van der Waals surface area contributed by atoms with E-state index in [4.69, 9.17) is 23.7 Å². The van der Waals surface area contributed by atoms with E-state index in [0.29, 0.717) is 19.6 Å². The van der Waals surface area contributed by atoms with Gasteiger partial charge in [-0.3, -0.25) is 14.4 Å². The lowest BCUT2D eigenvalue weighted by Crippen LogP contribution is -2.45. The van der Waals surface area contributed by atoms with Crippen molar-refractivity contribution in [2.45, 2.75) is 26.2 Å². The molecule has 3 heterocycles. The highest BCUT2D eigenvalue weighted by atomic mass is 16.6. The van der Waals surface area contributed by atoms with Gasteiger partial charge in [-0.1, -0.05) is 6.58 Å². The average molecular weight is 583 g/mol. The van der Waals surface area contributed by atoms with E-state index in [9.17, 15) is 24.0 Å². The summed E-state index contributed by atoms with van der Waals surface area (Å²) in [5.74, 6) is -1.98. The first-order valence-electron chi connectivity index (χ1n) is 14.0. The zero-order valence-electron chi connectivity index (χ0n) is 23.9. The molecule has 0 radical (unpaired) electrons. The quantitative estimate of drug-likeness (QED) is 0.0613. The fourth-order valence-corrected chi connectivity index (χ4v) is 3.49. The molecule has 0 aromatic rings. The molecule has 3 aliphatic rings. The summed E-state index contributed by atoms with van der Waals surface area (Å²) in [6.45, 7) is 10.9. The van der Waals surface area contributed by atoms with Crippen molar-refractivity contribution < 1.29 is 47.7 Å². The van der Waals surface area contributed by atoms with Gasteiger partial charge in [0.1, 0.15) is 38.4 Å². The first kappa shape index (κ1) is 32.3. The van der Waals surface area contributed by atoms with Gasteiger partial charge in [-0.25, -0.2) is 9.59 Å². The molecule has 1 N–H and O–H groups in total. The number of esters is 4. The summed E-state index contributed by atoms with van der Waals surface area (Å²) in [7, 11) is 0. The van der Waals surface area contributed by atoms with Gasteiger partial charge in [-0.05, 0) is 6.92 Å².